The van der Waals surface area contributed by atoms with Gasteiger partial charge in [-0.1, -0.05) is 42.5 Å². The van der Waals surface area contributed by atoms with Crippen LogP contribution in [0.15, 0.2) is 72.9 Å². The van der Waals surface area contributed by atoms with Crippen molar-refractivity contribution < 1.29 is 13.9 Å². The first-order valence-corrected chi connectivity index (χ1v) is 10.1. The molecule has 0 spiro atoms. The fraction of sp³-hybridized carbons (Fsp3) is 0.250. The number of hydrogen-bond acceptors (Lipinski definition) is 4. The van der Waals surface area contributed by atoms with Gasteiger partial charge in [-0.25, -0.2) is 4.39 Å². The number of nitrogens with one attached hydrogen (secondary N) is 1. The Hall–Kier alpha value is -3.09. The summed E-state index contributed by atoms with van der Waals surface area (Å²) in [4.78, 5) is 19.6. The summed E-state index contributed by atoms with van der Waals surface area (Å²) in [6.07, 6.45) is 1.53. The Morgan fingerprint density at radius 1 is 1.07 bits per heavy atom. The molecule has 0 aliphatic carbocycles. The van der Waals surface area contributed by atoms with Gasteiger partial charge in [0, 0.05) is 31.4 Å². The summed E-state index contributed by atoms with van der Waals surface area (Å²) in [7, 11) is 0. The zero-order valence-corrected chi connectivity index (χ0v) is 16.6. The Balaban J connectivity index is 1.49. The number of ether oxygens (including phenoxy) is 1. The van der Waals surface area contributed by atoms with E-state index in [4.69, 9.17) is 4.74 Å². The van der Waals surface area contributed by atoms with Gasteiger partial charge in [0.2, 0.25) is 0 Å². The highest BCUT2D eigenvalue weighted by molar-refractivity contribution is 5.94. The number of nitrogens with zero attached hydrogens (tertiary/aromatic N) is 2. The number of morpholine rings is 1. The number of rotatable bonds is 6. The summed E-state index contributed by atoms with van der Waals surface area (Å²) < 4.78 is 18.9. The van der Waals surface area contributed by atoms with Crippen LogP contribution in [0.2, 0.25) is 0 Å². The first-order valence-electron chi connectivity index (χ1n) is 10.1. The van der Waals surface area contributed by atoms with Crippen LogP contribution < -0.4 is 5.32 Å². The number of halogens is 1. The fourth-order valence-electron chi connectivity index (χ4n) is 3.55. The molecule has 1 N–H and O–H groups in total. The number of benzene rings is 2. The van der Waals surface area contributed by atoms with Gasteiger partial charge in [-0.3, -0.25) is 14.7 Å². The van der Waals surface area contributed by atoms with Crippen LogP contribution in [-0.2, 0) is 4.74 Å². The number of hydrogen-bond donors (Lipinski definition) is 1. The topological polar surface area (TPSA) is 54.5 Å². The zero-order valence-electron chi connectivity index (χ0n) is 16.6. The first kappa shape index (κ1) is 20.2. The molecule has 1 aromatic heterocycles. The molecule has 0 radical (unpaired) electrons. The van der Waals surface area contributed by atoms with Crippen molar-refractivity contribution in [3.8, 4) is 11.3 Å². The van der Waals surface area contributed by atoms with Crippen molar-refractivity contribution in [1.29, 1.82) is 0 Å². The molecule has 1 amide bonds. The molecular formula is C24H24FN3O2. The van der Waals surface area contributed by atoms with Gasteiger partial charge in [0.15, 0.2) is 0 Å². The maximum atomic E-state index is 13.5. The molecule has 0 bridgehead atoms. The summed E-state index contributed by atoms with van der Waals surface area (Å²) in [5, 5.41) is 3.14. The molecule has 1 saturated heterocycles. The van der Waals surface area contributed by atoms with Gasteiger partial charge in [0.05, 0.1) is 30.5 Å². The van der Waals surface area contributed by atoms with Gasteiger partial charge in [0.25, 0.3) is 5.91 Å². The van der Waals surface area contributed by atoms with E-state index >= 15 is 0 Å². The minimum absolute atomic E-state index is 0.139. The number of aromatic nitrogens is 1. The van der Waals surface area contributed by atoms with Crippen molar-refractivity contribution in [1.82, 2.24) is 15.2 Å². The lowest BCUT2D eigenvalue weighted by Crippen LogP contribution is -2.43. The molecule has 3 aromatic rings. The molecule has 2 aromatic carbocycles. The highest BCUT2D eigenvalue weighted by Gasteiger charge is 2.21. The molecule has 154 valence electrons. The second-order valence-electron chi connectivity index (χ2n) is 7.29. The molecule has 6 heteroatoms. The number of amides is 1. The van der Waals surface area contributed by atoms with Gasteiger partial charge >= 0.3 is 0 Å². The van der Waals surface area contributed by atoms with Crippen LogP contribution in [0.25, 0.3) is 11.3 Å². The third kappa shape index (κ3) is 5.09. The molecule has 1 aliphatic heterocycles. The summed E-state index contributed by atoms with van der Waals surface area (Å²) in [6.45, 7) is 3.84. The minimum atomic E-state index is -0.315. The molecular weight excluding hydrogens is 381 g/mol. The fourth-order valence-corrected chi connectivity index (χ4v) is 3.55. The Kier molecular flexibility index (Phi) is 6.47. The molecule has 2 heterocycles. The van der Waals surface area contributed by atoms with E-state index in [1.165, 1.54) is 18.3 Å². The van der Waals surface area contributed by atoms with Gasteiger partial charge in [-0.2, -0.15) is 0 Å². The Morgan fingerprint density at radius 2 is 1.87 bits per heavy atom. The summed E-state index contributed by atoms with van der Waals surface area (Å²) in [5.74, 6) is -0.500. The van der Waals surface area contributed by atoms with Gasteiger partial charge in [-0.15, -0.1) is 0 Å². The highest BCUT2D eigenvalue weighted by atomic mass is 19.1. The lowest BCUT2D eigenvalue weighted by atomic mass is 10.1. The normalized spacial score (nSPS) is 15.5. The average molecular weight is 405 g/mol. The number of carbonyl (C=O) groups excluding carboxylic acids is 1. The second kappa shape index (κ2) is 9.61. The Morgan fingerprint density at radius 3 is 2.57 bits per heavy atom. The van der Waals surface area contributed by atoms with Crippen LogP contribution in [0, 0.1) is 5.82 Å². The van der Waals surface area contributed by atoms with E-state index in [2.05, 4.69) is 15.2 Å². The van der Waals surface area contributed by atoms with Crippen molar-refractivity contribution in [2.24, 2.45) is 0 Å². The van der Waals surface area contributed by atoms with Crippen LogP contribution in [0.1, 0.15) is 22.0 Å². The molecule has 1 aliphatic rings. The molecule has 5 nitrogen and oxygen atoms in total. The smallest absolute Gasteiger partial charge is 0.253 e. The molecule has 1 fully saturated rings. The van der Waals surface area contributed by atoms with Crippen LogP contribution in [0.5, 0.6) is 0 Å². The van der Waals surface area contributed by atoms with Gasteiger partial charge in [0.1, 0.15) is 5.82 Å². The summed E-state index contributed by atoms with van der Waals surface area (Å²) >= 11 is 0. The lowest BCUT2D eigenvalue weighted by Gasteiger charge is -2.31. The standard InChI is InChI=1S/C24H24FN3O2/c25-21-8-4-7-19(15-21)22-10-9-20(16-26-22)24(29)27-23(18-5-2-1-3-6-18)17-28-11-13-30-14-12-28/h1-10,15-16,23H,11-14,17H2,(H,27,29). The van der Waals surface area contributed by atoms with E-state index in [1.807, 2.05) is 30.3 Å². The molecule has 0 saturated carbocycles. The predicted octanol–water partition coefficient (Wildman–Crippen LogP) is 3.69. The summed E-state index contributed by atoms with van der Waals surface area (Å²) in [5.41, 5.74) is 2.83. The zero-order chi connectivity index (χ0) is 20.8. The van der Waals surface area contributed by atoms with E-state index in [-0.39, 0.29) is 17.8 Å². The molecule has 1 atom stereocenters. The number of carbonyl (C=O) groups is 1. The molecule has 30 heavy (non-hydrogen) atoms. The van der Waals surface area contributed by atoms with Crippen LogP contribution in [0.3, 0.4) is 0 Å². The third-order valence-electron chi connectivity index (χ3n) is 5.20. The maximum absolute atomic E-state index is 13.5. The van der Waals surface area contributed by atoms with E-state index in [9.17, 15) is 9.18 Å². The van der Waals surface area contributed by atoms with Crippen LogP contribution >= 0.6 is 0 Å². The average Bonchev–Trinajstić information content (AvgIpc) is 2.80. The van der Waals surface area contributed by atoms with E-state index in [0.29, 0.717) is 36.6 Å². The van der Waals surface area contributed by atoms with Gasteiger partial charge in [-0.05, 0) is 29.8 Å². The quantitative estimate of drug-likeness (QED) is 0.680. The Bertz CT molecular complexity index is 973. The second-order valence-corrected chi connectivity index (χ2v) is 7.29. The van der Waals surface area contributed by atoms with Crippen molar-refractivity contribution in [3.05, 3.63) is 89.9 Å². The van der Waals surface area contributed by atoms with Crippen molar-refractivity contribution in [2.75, 3.05) is 32.8 Å². The van der Waals surface area contributed by atoms with Crippen LogP contribution in [-0.4, -0.2) is 48.6 Å². The van der Waals surface area contributed by atoms with Crippen LogP contribution in [0.4, 0.5) is 4.39 Å². The third-order valence-corrected chi connectivity index (χ3v) is 5.20. The van der Waals surface area contributed by atoms with Gasteiger partial charge < -0.3 is 10.1 Å². The molecule has 4 rings (SSSR count). The minimum Gasteiger partial charge on any atom is -0.379 e. The molecule has 1 unspecified atom stereocenters. The van der Waals surface area contributed by atoms with Crippen molar-refractivity contribution >= 4 is 5.91 Å². The first-order chi connectivity index (χ1) is 14.7. The summed E-state index contributed by atoms with van der Waals surface area (Å²) in [6, 6.07) is 19.5. The van der Waals surface area contributed by atoms with E-state index in [0.717, 1.165) is 18.7 Å². The van der Waals surface area contributed by atoms with Crippen molar-refractivity contribution in [2.45, 2.75) is 6.04 Å². The van der Waals surface area contributed by atoms with E-state index < -0.39 is 0 Å². The van der Waals surface area contributed by atoms with E-state index in [1.54, 1.807) is 24.3 Å². The lowest BCUT2D eigenvalue weighted by molar-refractivity contribution is 0.0332. The predicted molar refractivity (Wildman–Crippen MR) is 114 cm³/mol. The Labute approximate surface area is 175 Å². The SMILES string of the molecule is O=C(NC(CN1CCOCC1)c1ccccc1)c1ccc(-c2cccc(F)c2)nc1. The maximum Gasteiger partial charge on any atom is 0.253 e. The highest BCUT2D eigenvalue weighted by Crippen LogP contribution is 2.19. The monoisotopic (exact) mass is 405 g/mol. The van der Waals surface area contributed by atoms with Crippen molar-refractivity contribution in [3.63, 3.8) is 0 Å². The number of pyridine rings is 1. The largest absolute Gasteiger partial charge is 0.379 e.